The minimum Gasteiger partial charge on any atom is -0.382 e. The maximum Gasteiger partial charge on any atom is 0.123 e. The highest BCUT2D eigenvalue weighted by molar-refractivity contribution is 6.42. The Hall–Kier alpha value is -1.25. The maximum atomic E-state index is 12.9. The molecule has 20 heavy (non-hydrogen) atoms. The molecule has 2 aromatic carbocycles. The first-order valence-corrected chi connectivity index (χ1v) is 7.34. The predicted octanol–water partition coefficient (Wildman–Crippen LogP) is 5.49. The molecule has 0 aromatic heterocycles. The molecule has 1 fully saturated rings. The molecule has 0 radical (unpaired) electrons. The Bertz CT molecular complexity index is 606. The van der Waals surface area contributed by atoms with Gasteiger partial charge in [0.15, 0.2) is 0 Å². The highest BCUT2D eigenvalue weighted by Gasteiger charge is 2.30. The molecular weight excluding hydrogens is 296 g/mol. The van der Waals surface area contributed by atoms with E-state index in [1.807, 2.05) is 24.3 Å². The Morgan fingerprint density at radius 1 is 0.950 bits per heavy atom. The monoisotopic (exact) mass is 309 g/mol. The van der Waals surface area contributed by atoms with Crippen LogP contribution in [0.2, 0.25) is 10.0 Å². The van der Waals surface area contributed by atoms with Crippen LogP contribution in [0.3, 0.4) is 0 Å². The molecule has 0 amide bonds. The summed E-state index contributed by atoms with van der Waals surface area (Å²) in [5.41, 5.74) is 2.19. The van der Waals surface area contributed by atoms with Crippen molar-refractivity contribution >= 4 is 28.9 Å². The first-order valence-electron chi connectivity index (χ1n) is 6.59. The van der Waals surface area contributed by atoms with Gasteiger partial charge in [-0.05, 0) is 54.7 Å². The molecule has 0 atom stereocenters. The number of nitrogens with one attached hydrogen (secondary N) is 1. The Morgan fingerprint density at radius 3 is 2.30 bits per heavy atom. The van der Waals surface area contributed by atoms with Crippen LogP contribution in [0.1, 0.15) is 24.3 Å². The fraction of sp³-hybridized carbons (Fsp3) is 0.250. The standard InChI is InChI=1S/C16H14Cl2FN/c17-15-6-5-13(9-16(15)18)20-14-7-11(8-14)10-1-3-12(19)4-2-10/h1-6,9,11,14,20H,7-8H2. The van der Waals surface area contributed by atoms with Crippen LogP contribution in [-0.2, 0) is 0 Å². The molecular formula is C16H14Cl2FN. The molecule has 0 unspecified atom stereocenters. The van der Waals surface area contributed by atoms with Crippen LogP contribution in [0.4, 0.5) is 10.1 Å². The molecule has 4 heteroatoms. The molecule has 1 N–H and O–H groups in total. The third-order valence-electron chi connectivity index (χ3n) is 3.77. The van der Waals surface area contributed by atoms with Gasteiger partial charge >= 0.3 is 0 Å². The van der Waals surface area contributed by atoms with Crippen molar-refractivity contribution in [2.45, 2.75) is 24.8 Å². The van der Waals surface area contributed by atoms with E-state index < -0.39 is 0 Å². The normalized spacial score (nSPS) is 21.4. The second-order valence-corrected chi connectivity index (χ2v) is 6.00. The van der Waals surface area contributed by atoms with Gasteiger partial charge in [0, 0.05) is 11.7 Å². The van der Waals surface area contributed by atoms with Crippen LogP contribution in [0.5, 0.6) is 0 Å². The molecule has 0 bridgehead atoms. The number of hydrogen-bond acceptors (Lipinski definition) is 1. The average Bonchev–Trinajstić information content (AvgIpc) is 2.39. The van der Waals surface area contributed by atoms with Gasteiger partial charge < -0.3 is 5.32 Å². The molecule has 104 valence electrons. The first kappa shape index (κ1) is 13.7. The minimum absolute atomic E-state index is 0.182. The van der Waals surface area contributed by atoms with E-state index >= 15 is 0 Å². The largest absolute Gasteiger partial charge is 0.382 e. The van der Waals surface area contributed by atoms with Crippen molar-refractivity contribution in [3.8, 4) is 0 Å². The topological polar surface area (TPSA) is 12.0 Å². The Balaban J connectivity index is 1.58. The van der Waals surface area contributed by atoms with Gasteiger partial charge in [-0.2, -0.15) is 0 Å². The zero-order valence-electron chi connectivity index (χ0n) is 10.7. The van der Waals surface area contributed by atoms with Gasteiger partial charge in [0.05, 0.1) is 10.0 Å². The van der Waals surface area contributed by atoms with Crippen molar-refractivity contribution in [2.24, 2.45) is 0 Å². The summed E-state index contributed by atoms with van der Waals surface area (Å²) in [7, 11) is 0. The lowest BCUT2D eigenvalue weighted by Gasteiger charge is -2.37. The summed E-state index contributed by atoms with van der Waals surface area (Å²) in [6.07, 6.45) is 2.09. The van der Waals surface area contributed by atoms with Gasteiger partial charge in [-0.1, -0.05) is 35.3 Å². The van der Waals surface area contributed by atoms with Crippen molar-refractivity contribution < 1.29 is 4.39 Å². The van der Waals surface area contributed by atoms with E-state index in [1.54, 1.807) is 6.07 Å². The smallest absolute Gasteiger partial charge is 0.123 e. The van der Waals surface area contributed by atoms with E-state index in [0.717, 1.165) is 18.5 Å². The van der Waals surface area contributed by atoms with E-state index in [4.69, 9.17) is 23.2 Å². The molecule has 1 saturated carbocycles. The zero-order chi connectivity index (χ0) is 14.1. The Morgan fingerprint density at radius 2 is 1.65 bits per heavy atom. The lowest BCUT2D eigenvalue weighted by Crippen LogP contribution is -2.33. The molecule has 1 aliphatic carbocycles. The van der Waals surface area contributed by atoms with Gasteiger partial charge in [0.1, 0.15) is 5.82 Å². The first-order chi connectivity index (χ1) is 9.61. The second kappa shape index (κ2) is 5.63. The molecule has 1 aliphatic rings. The van der Waals surface area contributed by atoms with Gasteiger partial charge in [-0.3, -0.25) is 0 Å². The van der Waals surface area contributed by atoms with E-state index in [1.165, 1.54) is 17.7 Å². The van der Waals surface area contributed by atoms with Gasteiger partial charge in [0.2, 0.25) is 0 Å². The van der Waals surface area contributed by atoms with Crippen LogP contribution in [0.25, 0.3) is 0 Å². The zero-order valence-corrected chi connectivity index (χ0v) is 12.3. The number of anilines is 1. The molecule has 0 saturated heterocycles. The quantitative estimate of drug-likeness (QED) is 0.790. The summed E-state index contributed by atoms with van der Waals surface area (Å²) in [6.45, 7) is 0. The highest BCUT2D eigenvalue weighted by Crippen LogP contribution is 2.39. The van der Waals surface area contributed by atoms with Crippen molar-refractivity contribution in [1.29, 1.82) is 0 Å². The lowest BCUT2D eigenvalue weighted by molar-refractivity contribution is 0.374. The number of hydrogen-bond donors (Lipinski definition) is 1. The van der Waals surface area contributed by atoms with Gasteiger partial charge in [-0.15, -0.1) is 0 Å². The third-order valence-corrected chi connectivity index (χ3v) is 4.51. The lowest BCUT2D eigenvalue weighted by atomic mass is 9.76. The molecule has 1 nitrogen and oxygen atoms in total. The minimum atomic E-state index is -0.182. The summed E-state index contributed by atoms with van der Waals surface area (Å²) < 4.78 is 12.9. The van der Waals surface area contributed by atoms with Crippen molar-refractivity contribution in [1.82, 2.24) is 0 Å². The summed E-state index contributed by atoms with van der Waals surface area (Å²) >= 11 is 11.9. The van der Waals surface area contributed by atoms with Crippen molar-refractivity contribution in [2.75, 3.05) is 5.32 Å². The number of rotatable bonds is 3. The maximum absolute atomic E-state index is 12.9. The third kappa shape index (κ3) is 2.92. The summed E-state index contributed by atoms with van der Waals surface area (Å²) in [6, 6.07) is 12.8. The second-order valence-electron chi connectivity index (χ2n) is 5.19. The average molecular weight is 310 g/mol. The van der Waals surface area contributed by atoms with Gasteiger partial charge in [0.25, 0.3) is 0 Å². The fourth-order valence-corrected chi connectivity index (χ4v) is 2.86. The van der Waals surface area contributed by atoms with E-state index in [0.29, 0.717) is 22.0 Å². The van der Waals surface area contributed by atoms with E-state index in [2.05, 4.69) is 5.32 Å². The number of halogens is 3. The van der Waals surface area contributed by atoms with E-state index in [9.17, 15) is 4.39 Å². The van der Waals surface area contributed by atoms with Gasteiger partial charge in [-0.25, -0.2) is 4.39 Å². The Labute approximate surface area is 127 Å². The van der Waals surface area contributed by atoms with Crippen LogP contribution in [0.15, 0.2) is 42.5 Å². The van der Waals surface area contributed by atoms with Crippen LogP contribution < -0.4 is 5.32 Å². The summed E-state index contributed by atoms with van der Waals surface area (Å²) in [4.78, 5) is 0. The molecule has 0 spiro atoms. The van der Waals surface area contributed by atoms with Crippen molar-refractivity contribution in [3.05, 3.63) is 63.9 Å². The molecule has 0 heterocycles. The Kier molecular flexibility index (Phi) is 3.86. The summed E-state index contributed by atoms with van der Waals surface area (Å²) in [5, 5.41) is 4.57. The van der Waals surface area contributed by atoms with Crippen LogP contribution in [-0.4, -0.2) is 6.04 Å². The molecule has 2 aromatic rings. The molecule has 3 rings (SSSR count). The SMILES string of the molecule is Fc1ccc(C2CC(Nc3ccc(Cl)c(Cl)c3)C2)cc1. The highest BCUT2D eigenvalue weighted by atomic mass is 35.5. The van der Waals surface area contributed by atoms with Crippen molar-refractivity contribution in [3.63, 3.8) is 0 Å². The van der Waals surface area contributed by atoms with Crippen LogP contribution in [0, 0.1) is 5.82 Å². The number of benzene rings is 2. The predicted molar refractivity (Wildman–Crippen MR) is 82.2 cm³/mol. The van der Waals surface area contributed by atoms with E-state index in [-0.39, 0.29) is 5.82 Å². The fourth-order valence-electron chi connectivity index (χ4n) is 2.56. The summed E-state index contributed by atoms with van der Waals surface area (Å²) in [5.74, 6) is 0.328. The molecule has 0 aliphatic heterocycles. The van der Waals surface area contributed by atoms with Crippen LogP contribution >= 0.6 is 23.2 Å².